The van der Waals surface area contributed by atoms with E-state index in [1.807, 2.05) is 30.3 Å². The van der Waals surface area contributed by atoms with Crippen LogP contribution in [0.5, 0.6) is 11.5 Å². The van der Waals surface area contributed by atoms with Gasteiger partial charge in [0.1, 0.15) is 10.6 Å². The Labute approximate surface area is 167 Å². The van der Waals surface area contributed by atoms with Crippen LogP contribution >= 0.6 is 10.6 Å². The van der Waals surface area contributed by atoms with Gasteiger partial charge in [-0.25, -0.2) is 0 Å². The number of fused-ring (bicyclic) bond motifs is 1. The first-order valence-corrected chi connectivity index (χ1v) is 11.3. The van der Waals surface area contributed by atoms with Gasteiger partial charge in [0, 0.05) is 12.1 Å². The van der Waals surface area contributed by atoms with E-state index in [1.54, 1.807) is 25.1 Å². The first-order chi connectivity index (χ1) is 13.6. The molecule has 0 unspecified atom stereocenters. The van der Waals surface area contributed by atoms with Crippen LogP contribution in [0.2, 0.25) is 0 Å². The molecule has 0 radical (unpaired) electrons. The Hall–Kier alpha value is -1.99. The molecule has 0 bridgehead atoms. The van der Waals surface area contributed by atoms with Crippen molar-refractivity contribution in [3.8, 4) is 11.5 Å². The first kappa shape index (κ1) is 19.3. The molecule has 0 aliphatic carbocycles. The van der Waals surface area contributed by atoms with Crippen molar-refractivity contribution in [3.63, 3.8) is 0 Å². The van der Waals surface area contributed by atoms with Gasteiger partial charge in [0.05, 0.1) is 11.5 Å². The predicted octanol–water partition coefficient (Wildman–Crippen LogP) is 5.44. The molecule has 4 rings (SSSR count). The van der Waals surface area contributed by atoms with E-state index in [4.69, 9.17) is 9.47 Å². The molecule has 1 fully saturated rings. The highest BCUT2D eigenvalue weighted by Crippen LogP contribution is 2.63. The van der Waals surface area contributed by atoms with Crippen LogP contribution in [0, 0.1) is 0 Å². The summed E-state index contributed by atoms with van der Waals surface area (Å²) in [6.07, 6.45) is 3.65. The second-order valence-corrected chi connectivity index (χ2v) is 9.41. The molecule has 2 heterocycles. The average molecular weight is 402 g/mol. The van der Waals surface area contributed by atoms with Crippen LogP contribution in [0.1, 0.15) is 31.7 Å². The lowest BCUT2D eigenvalue weighted by atomic mass is 10.1. The maximum absolute atomic E-state index is 10.7. The van der Waals surface area contributed by atoms with Crippen molar-refractivity contribution in [2.45, 2.75) is 31.1 Å². The monoisotopic (exact) mass is 401 g/mol. The van der Waals surface area contributed by atoms with E-state index in [2.05, 4.69) is 4.90 Å². The Morgan fingerprint density at radius 1 is 1.04 bits per heavy atom. The molecule has 0 atom stereocenters. The molecule has 0 spiro atoms. The van der Waals surface area contributed by atoms with Crippen LogP contribution < -0.4 is 9.47 Å². The first-order valence-electron chi connectivity index (χ1n) is 9.77. The Bertz CT molecular complexity index is 857. The van der Waals surface area contributed by atoms with Crippen LogP contribution in [0.15, 0.2) is 58.3 Å². The van der Waals surface area contributed by atoms with E-state index in [9.17, 15) is 9.11 Å². The molecular weight excluding hydrogens is 374 g/mol. The SMILES string of the molecule is CC1=C(c2ccc(OCCCN3CCCC3)cc2)Oc2ccccc2S1(O)O. The number of benzene rings is 2. The molecule has 5 nitrogen and oxygen atoms in total. The van der Waals surface area contributed by atoms with E-state index >= 15 is 0 Å². The highest BCUT2D eigenvalue weighted by atomic mass is 32.3. The zero-order chi connectivity index (χ0) is 19.6. The number of hydrogen-bond donors (Lipinski definition) is 2. The summed E-state index contributed by atoms with van der Waals surface area (Å²) in [7, 11) is -3.04. The molecule has 0 aromatic heterocycles. The van der Waals surface area contributed by atoms with Gasteiger partial charge in [0.15, 0.2) is 11.5 Å². The van der Waals surface area contributed by atoms with Crippen molar-refractivity contribution >= 4 is 16.3 Å². The second kappa shape index (κ2) is 8.17. The van der Waals surface area contributed by atoms with E-state index in [0.29, 0.717) is 27.9 Å². The lowest BCUT2D eigenvalue weighted by Gasteiger charge is -2.39. The van der Waals surface area contributed by atoms with E-state index in [0.717, 1.165) is 24.3 Å². The maximum Gasteiger partial charge on any atom is 0.153 e. The Morgan fingerprint density at radius 3 is 2.50 bits per heavy atom. The molecule has 2 aromatic rings. The summed E-state index contributed by atoms with van der Waals surface area (Å²) in [5, 5.41) is 0. The largest absolute Gasteiger partial charge is 0.494 e. The molecule has 6 heteroatoms. The maximum atomic E-state index is 10.7. The van der Waals surface area contributed by atoms with E-state index in [1.165, 1.54) is 25.9 Å². The molecule has 2 aliphatic heterocycles. The van der Waals surface area contributed by atoms with Gasteiger partial charge in [-0.15, -0.1) is 10.6 Å². The van der Waals surface area contributed by atoms with Crippen LogP contribution in [0.3, 0.4) is 0 Å². The summed E-state index contributed by atoms with van der Waals surface area (Å²) < 4.78 is 33.2. The van der Waals surface area contributed by atoms with Gasteiger partial charge in [0.2, 0.25) is 0 Å². The van der Waals surface area contributed by atoms with Crippen molar-refractivity contribution < 1.29 is 18.6 Å². The van der Waals surface area contributed by atoms with E-state index < -0.39 is 10.6 Å². The van der Waals surface area contributed by atoms with Crippen LogP contribution in [-0.4, -0.2) is 40.2 Å². The molecule has 0 saturated carbocycles. The smallest absolute Gasteiger partial charge is 0.153 e. The highest BCUT2D eigenvalue weighted by molar-refractivity contribution is 8.27. The standard InChI is InChI=1S/C22H27NO4S/c1-17-22(27-20-7-2-3-8-21(20)28(17,24)25)18-9-11-19(12-10-18)26-16-6-15-23-13-4-5-14-23/h2-3,7-12,24-25H,4-6,13-16H2,1H3. The van der Waals surface area contributed by atoms with Gasteiger partial charge in [-0.3, -0.25) is 9.11 Å². The molecular formula is C22H27NO4S. The normalized spacial score (nSPS) is 19.8. The average Bonchev–Trinajstić information content (AvgIpc) is 3.22. The number of ether oxygens (including phenoxy) is 2. The van der Waals surface area contributed by atoms with Gasteiger partial charge in [-0.1, -0.05) is 12.1 Å². The van der Waals surface area contributed by atoms with E-state index in [-0.39, 0.29) is 0 Å². The number of nitrogens with zero attached hydrogens (tertiary/aromatic N) is 1. The van der Waals surface area contributed by atoms with Crippen molar-refractivity contribution in [3.05, 3.63) is 59.0 Å². The Morgan fingerprint density at radius 2 is 1.75 bits per heavy atom. The van der Waals surface area contributed by atoms with Crippen molar-refractivity contribution in [2.24, 2.45) is 0 Å². The summed E-state index contributed by atoms with van der Waals surface area (Å²) in [4.78, 5) is 3.37. The molecule has 1 saturated heterocycles. The zero-order valence-electron chi connectivity index (χ0n) is 16.1. The lowest BCUT2D eigenvalue weighted by molar-refractivity contribution is 0.263. The van der Waals surface area contributed by atoms with Crippen LogP contribution in [0.25, 0.3) is 5.76 Å². The quantitative estimate of drug-likeness (QED) is 0.631. The summed E-state index contributed by atoms with van der Waals surface area (Å²) in [5.74, 6) is 1.80. The minimum atomic E-state index is -3.04. The molecule has 2 aromatic carbocycles. The molecule has 2 N–H and O–H groups in total. The Kier molecular flexibility index (Phi) is 5.64. The topological polar surface area (TPSA) is 62.2 Å². The van der Waals surface area contributed by atoms with Crippen molar-refractivity contribution in [1.82, 2.24) is 4.90 Å². The van der Waals surface area contributed by atoms with Crippen molar-refractivity contribution in [1.29, 1.82) is 0 Å². The third kappa shape index (κ3) is 3.91. The van der Waals surface area contributed by atoms with Gasteiger partial charge in [-0.2, -0.15) is 0 Å². The highest BCUT2D eigenvalue weighted by Gasteiger charge is 2.31. The van der Waals surface area contributed by atoms with Gasteiger partial charge in [0.25, 0.3) is 0 Å². The summed E-state index contributed by atoms with van der Waals surface area (Å²) in [6, 6.07) is 14.7. The van der Waals surface area contributed by atoms with Gasteiger partial charge in [-0.05, 0) is 75.7 Å². The summed E-state index contributed by atoms with van der Waals surface area (Å²) >= 11 is 0. The second-order valence-electron chi connectivity index (χ2n) is 7.26. The van der Waals surface area contributed by atoms with Gasteiger partial charge < -0.3 is 14.4 Å². The third-order valence-corrected chi connectivity index (χ3v) is 7.31. The molecule has 0 amide bonds. The lowest BCUT2D eigenvalue weighted by Crippen LogP contribution is -2.21. The molecule has 150 valence electrons. The van der Waals surface area contributed by atoms with Gasteiger partial charge >= 0.3 is 0 Å². The van der Waals surface area contributed by atoms with Crippen LogP contribution in [-0.2, 0) is 0 Å². The summed E-state index contributed by atoms with van der Waals surface area (Å²) in [6.45, 7) is 5.93. The van der Waals surface area contributed by atoms with Crippen molar-refractivity contribution in [2.75, 3.05) is 26.2 Å². The fraction of sp³-hybridized carbons (Fsp3) is 0.364. The fourth-order valence-corrected chi connectivity index (χ4v) is 5.10. The third-order valence-electron chi connectivity index (χ3n) is 5.32. The summed E-state index contributed by atoms with van der Waals surface area (Å²) in [5.41, 5.74) is 0.802. The zero-order valence-corrected chi connectivity index (χ0v) is 17.0. The predicted molar refractivity (Wildman–Crippen MR) is 113 cm³/mol. The number of allylic oxidation sites excluding steroid dienone is 1. The molecule has 28 heavy (non-hydrogen) atoms. The number of hydrogen-bond acceptors (Lipinski definition) is 5. The Balaban J connectivity index is 1.42. The number of rotatable bonds is 6. The minimum Gasteiger partial charge on any atom is -0.494 e. The fourth-order valence-electron chi connectivity index (χ4n) is 3.69. The molecule has 2 aliphatic rings. The van der Waals surface area contributed by atoms with Crippen LogP contribution in [0.4, 0.5) is 0 Å². The minimum absolute atomic E-state index is 0.439. The number of para-hydroxylation sites is 1. The number of likely N-dealkylation sites (tertiary alicyclic amines) is 1.